The van der Waals surface area contributed by atoms with Gasteiger partial charge in [0.05, 0.1) is 12.0 Å². The van der Waals surface area contributed by atoms with Crippen molar-refractivity contribution in [2.24, 2.45) is 7.05 Å². The zero-order chi connectivity index (χ0) is 14.2. The summed E-state index contributed by atoms with van der Waals surface area (Å²) in [5.41, 5.74) is 5.32. The van der Waals surface area contributed by atoms with Crippen molar-refractivity contribution in [2.45, 2.75) is 5.03 Å². The third-order valence-electron chi connectivity index (χ3n) is 2.36. The van der Waals surface area contributed by atoms with Crippen LogP contribution in [0.2, 0.25) is 0 Å². The SMILES string of the molecule is Cn1cnc(N)c1S(=O)(=O)Nc1c(F)cccc1Br. The minimum Gasteiger partial charge on any atom is -0.381 e. The summed E-state index contributed by atoms with van der Waals surface area (Å²) in [5, 5.41) is -0.220. The van der Waals surface area contributed by atoms with Crippen LogP contribution in [-0.2, 0) is 17.1 Å². The second-order valence-corrected chi connectivity index (χ2v) is 6.20. The van der Waals surface area contributed by atoms with Gasteiger partial charge in [0.1, 0.15) is 5.82 Å². The number of hydrogen-bond acceptors (Lipinski definition) is 4. The van der Waals surface area contributed by atoms with Gasteiger partial charge in [-0.2, -0.15) is 8.42 Å². The van der Waals surface area contributed by atoms with Crippen LogP contribution < -0.4 is 10.5 Å². The average Bonchev–Trinajstić information content (AvgIpc) is 2.64. The zero-order valence-electron chi connectivity index (χ0n) is 9.76. The fraction of sp³-hybridized carbons (Fsp3) is 0.100. The summed E-state index contributed by atoms with van der Waals surface area (Å²) in [6, 6.07) is 4.12. The van der Waals surface area contributed by atoms with Crippen molar-refractivity contribution in [1.82, 2.24) is 9.55 Å². The van der Waals surface area contributed by atoms with Gasteiger partial charge in [0.2, 0.25) is 0 Å². The van der Waals surface area contributed by atoms with Crippen LogP contribution in [0.4, 0.5) is 15.9 Å². The molecule has 0 atom stereocenters. The topological polar surface area (TPSA) is 90.0 Å². The van der Waals surface area contributed by atoms with Crippen LogP contribution >= 0.6 is 15.9 Å². The third-order valence-corrected chi connectivity index (χ3v) is 4.50. The summed E-state index contributed by atoms with van der Waals surface area (Å²) in [7, 11) is -2.54. The van der Waals surface area contributed by atoms with Gasteiger partial charge in [0.25, 0.3) is 10.0 Å². The molecule has 0 amide bonds. The number of nitrogens with two attached hydrogens (primary N) is 1. The number of imidazole rings is 1. The predicted octanol–water partition coefficient (Wildman–Crippen LogP) is 1.70. The molecule has 0 aliphatic rings. The molecule has 2 aromatic rings. The molecule has 0 bridgehead atoms. The Bertz CT molecular complexity index is 689. The van der Waals surface area contributed by atoms with Crippen molar-refractivity contribution < 1.29 is 12.8 Å². The van der Waals surface area contributed by atoms with Crippen molar-refractivity contribution in [1.29, 1.82) is 0 Å². The maximum atomic E-state index is 13.6. The van der Waals surface area contributed by atoms with E-state index in [0.29, 0.717) is 0 Å². The summed E-state index contributed by atoms with van der Waals surface area (Å²) in [6.07, 6.45) is 1.26. The summed E-state index contributed by atoms with van der Waals surface area (Å²) in [6.45, 7) is 0. The van der Waals surface area contributed by atoms with E-state index in [0.717, 1.165) is 6.07 Å². The molecule has 102 valence electrons. The Hall–Kier alpha value is -1.61. The van der Waals surface area contributed by atoms with Gasteiger partial charge in [0, 0.05) is 11.5 Å². The van der Waals surface area contributed by atoms with E-state index in [4.69, 9.17) is 5.73 Å². The Kier molecular flexibility index (Phi) is 3.50. The van der Waals surface area contributed by atoms with E-state index in [1.54, 1.807) is 0 Å². The number of nitrogen functional groups attached to an aromatic ring is 1. The standard InChI is InChI=1S/C10H10BrFN4O2S/c1-16-5-14-9(13)10(16)19(17,18)15-8-6(11)3-2-4-7(8)12/h2-5,15H,13H2,1H3. The van der Waals surface area contributed by atoms with E-state index < -0.39 is 15.8 Å². The van der Waals surface area contributed by atoms with Crippen LogP contribution in [0.25, 0.3) is 0 Å². The molecule has 0 aliphatic heterocycles. The number of benzene rings is 1. The maximum Gasteiger partial charge on any atom is 0.281 e. The first-order valence-electron chi connectivity index (χ1n) is 5.06. The molecule has 0 aliphatic carbocycles. The largest absolute Gasteiger partial charge is 0.381 e. The molecule has 0 radical (unpaired) electrons. The molecule has 1 aromatic heterocycles. The van der Waals surface area contributed by atoms with E-state index >= 15 is 0 Å². The number of aromatic nitrogens is 2. The van der Waals surface area contributed by atoms with Crippen LogP contribution in [0.15, 0.2) is 34.0 Å². The first-order valence-corrected chi connectivity index (χ1v) is 7.34. The highest BCUT2D eigenvalue weighted by atomic mass is 79.9. The lowest BCUT2D eigenvalue weighted by molar-refractivity contribution is 0.589. The second-order valence-electron chi connectivity index (χ2n) is 3.75. The Morgan fingerprint density at radius 3 is 2.68 bits per heavy atom. The molecule has 1 aromatic carbocycles. The minimum absolute atomic E-state index is 0.150. The van der Waals surface area contributed by atoms with Crippen LogP contribution in [0.1, 0.15) is 0 Å². The lowest BCUT2D eigenvalue weighted by Crippen LogP contribution is -2.18. The first kappa shape index (κ1) is 13.8. The van der Waals surface area contributed by atoms with Crippen molar-refractivity contribution in [3.63, 3.8) is 0 Å². The summed E-state index contributed by atoms with van der Waals surface area (Å²) < 4.78 is 41.6. The Morgan fingerprint density at radius 2 is 2.16 bits per heavy atom. The van der Waals surface area contributed by atoms with Gasteiger partial charge in [-0.3, -0.25) is 4.72 Å². The predicted molar refractivity (Wildman–Crippen MR) is 72.5 cm³/mol. The number of hydrogen-bond donors (Lipinski definition) is 2. The summed E-state index contributed by atoms with van der Waals surface area (Å²) >= 11 is 3.08. The highest BCUT2D eigenvalue weighted by molar-refractivity contribution is 9.10. The number of nitrogens with zero attached hydrogens (tertiary/aromatic N) is 2. The molecule has 0 saturated carbocycles. The highest BCUT2D eigenvalue weighted by Gasteiger charge is 2.24. The van der Waals surface area contributed by atoms with E-state index in [-0.39, 0.29) is 21.0 Å². The lowest BCUT2D eigenvalue weighted by atomic mass is 10.3. The fourth-order valence-electron chi connectivity index (χ4n) is 1.54. The number of aryl methyl sites for hydroxylation is 1. The number of rotatable bonds is 3. The summed E-state index contributed by atoms with van der Waals surface area (Å²) in [4.78, 5) is 3.69. The van der Waals surface area contributed by atoms with Crippen molar-refractivity contribution in [3.8, 4) is 0 Å². The molecule has 0 fully saturated rings. The third kappa shape index (κ3) is 2.56. The highest BCUT2D eigenvalue weighted by Crippen LogP contribution is 2.28. The average molecular weight is 349 g/mol. The van der Waals surface area contributed by atoms with E-state index in [1.807, 2.05) is 0 Å². The maximum absolute atomic E-state index is 13.6. The molecule has 0 spiro atoms. The first-order chi connectivity index (χ1) is 8.83. The molecule has 1 heterocycles. The molecule has 2 rings (SSSR count). The summed E-state index contributed by atoms with van der Waals surface area (Å²) in [5.74, 6) is -0.846. The molecule has 9 heteroatoms. The molecule has 0 saturated heterocycles. The van der Waals surface area contributed by atoms with E-state index in [9.17, 15) is 12.8 Å². The van der Waals surface area contributed by atoms with Gasteiger partial charge >= 0.3 is 0 Å². The van der Waals surface area contributed by atoms with Gasteiger partial charge in [0.15, 0.2) is 10.8 Å². The van der Waals surface area contributed by atoms with Crippen molar-refractivity contribution in [2.75, 3.05) is 10.5 Å². The molecule has 19 heavy (non-hydrogen) atoms. The monoisotopic (exact) mass is 348 g/mol. The molecule has 0 unspecified atom stereocenters. The Balaban J connectivity index is 2.49. The van der Waals surface area contributed by atoms with Gasteiger partial charge < -0.3 is 10.3 Å². The normalized spacial score (nSPS) is 11.5. The van der Waals surface area contributed by atoms with Crippen molar-refractivity contribution in [3.05, 3.63) is 34.8 Å². The Morgan fingerprint density at radius 1 is 1.47 bits per heavy atom. The van der Waals surface area contributed by atoms with Gasteiger partial charge in [-0.25, -0.2) is 9.37 Å². The van der Waals surface area contributed by atoms with Crippen molar-refractivity contribution >= 4 is 37.5 Å². The van der Waals surface area contributed by atoms with E-state index in [1.165, 1.54) is 30.1 Å². The van der Waals surface area contributed by atoms with Gasteiger partial charge in [-0.15, -0.1) is 0 Å². The molecular formula is C10H10BrFN4O2S. The van der Waals surface area contributed by atoms with Gasteiger partial charge in [-0.05, 0) is 28.1 Å². The molecule has 3 N–H and O–H groups in total. The minimum atomic E-state index is -4.02. The van der Waals surface area contributed by atoms with Crippen LogP contribution in [0, 0.1) is 5.82 Å². The second kappa shape index (κ2) is 4.82. The van der Waals surface area contributed by atoms with Crippen LogP contribution in [0.5, 0.6) is 0 Å². The van der Waals surface area contributed by atoms with Crippen LogP contribution in [0.3, 0.4) is 0 Å². The molecular weight excluding hydrogens is 339 g/mol. The number of halogens is 2. The number of sulfonamides is 1. The zero-order valence-corrected chi connectivity index (χ0v) is 12.2. The Labute approximate surface area is 117 Å². The number of nitrogens with one attached hydrogen (secondary N) is 1. The number of anilines is 2. The molecule has 6 nitrogen and oxygen atoms in total. The fourth-order valence-corrected chi connectivity index (χ4v) is 3.44. The van der Waals surface area contributed by atoms with E-state index in [2.05, 4.69) is 25.6 Å². The number of para-hydroxylation sites is 1. The van der Waals surface area contributed by atoms with Crippen LogP contribution in [-0.4, -0.2) is 18.0 Å². The quantitative estimate of drug-likeness (QED) is 0.883. The lowest BCUT2D eigenvalue weighted by Gasteiger charge is -2.11. The van der Waals surface area contributed by atoms with Gasteiger partial charge in [-0.1, -0.05) is 6.07 Å². The smallest absolute Gasteiger partial charge is 0.281 e.